The minimum Gasteiger partial charge on any atom is -0.486 e. The third kappa shape index (κ3) is 13.2. The van der Waals surface area contributed by atoms with Gasteiger partial charge in [0.25, 0.3) is 11.1 Å². The number of ether oxygens (including phenoxy) is 5. The van der Waals surface area contributed by atoms with Crippen molar-refractivity contribution in [3.05, 3.63) is 138 Å². The number of carbonyl (C=O) groups is 1. The van der Waals surface area contributed by atoms with E-state index in [9.17, 15) is 14.4 Å². The fourth-order valence-corrected chi connectivity index (χ4v) is 10.6. The van der Waals surface area contributed by atoms with Crippen LogP contribution in [0, 0.1) is 0 Å². The predicted molar refractivity (Wildman–Crippen MR) is 284 cm³/mol. The van der Waals surface area contributed by atoms with Crippen molar-refractivity contribution in [2.45, 2.75) is 90.3 Å². The highest BCUT2D eigenvalue weighted by molar-refractivity contribution is 9.10. The van der Waals surface area contributed by atoms with Gasteiger partial charge in [0, 0.05) is 85.5 Å². The molecule has 376 valence electrons. The van der Waals surface area contributed by atoms with Crippen LogP contribution < -0.4 is 35.4 Å². The molecule has 0 spiro atoms. The van der Waals surface area contributed by atoms with Crippen LogP contribution in [0.15, 0.2) is 116 Å². The number of amides is 1. The summed E-state index contributed by atoms with van der Waals surface area (Å²) in [7, 11) is 0. The van der Waals surface area contributed by atoms with Crippen molar-refractivity contribution in [2.75, 3.05) is 65.7 Å². The molecule has 1 N–H and O–H groups in total. The first-order chi connectivity index (χ1) is 34.3. The molecular formula is C55H64Br2N6O8. The van der Waals surface area contributed by atoms with Gasteiger partial charge in [0.15, 0.2) is 23.0 Å². The Balaban J connectivity index is 0.000000179. The lowest BCUT2D eigenvalue weighted by molar-refractivity contribution is 0.00562. The number of rotatable bonds is 12. The Morgan fingerprint density at radius 3 is 1.61 bits per heavy atom. The quantitative estimate of drug-likeness (QED) is 0.126. The van der Waals surface area contributed by atoms with Gasteiger partial charge in [-0.3, -0.25) is 9.59 Å². The molecule has 2 aromatic heterocycles. The molecule has 0 unspecified atom stereocenters. The molecule has 2 fully saturated rings. The largest absolute Gasteiger partial charge is 0.486 e. The van der Waals surface area contributed by atoms with Gasteiger partial charge in [-0.2, -0.15) is 0 Å². The summed E-state index contributed by atoms with van der Waals surface area (Å²) in [5.74, 6) is 3.14. The zero-order chi connectivity index (χ0) is 49.5. The number of carbonyl (C=O) groups excluding carboxylic acids is 1. The van der Waals surface area contributed by atoms with E-state index in [1.165, 1.54) is 5.56 Å². The second kappa shape index (κ2) is 23.0. The summed E-state index contributed by atoms with van der Waals surface area (Å²) in [6, 6.07) is 31.8. The molecule has 2 saturated heterocycles. The maximum absolute atomic E-state index is 13.3. The van der Waals surface area contributed by atoms with Crippen LogP contribution in [-0.4, -0.2) is 113 Å². The van der Waals surface area contributed by atoms with Gasteiger partial charge in [0.1, 0.15) is 32.0 Å². The van der Waals surface area contributed by atoms with Crippen molar-refractivity contribution in [1.29, 1.82) is 0 Å². The van der Waals surface area contributed by atoms with Gasteiger partial charge in [-0.25, -0.2) is 4.79 Å². The van der Waals surface area contributed by atoms with Gasteiger partial charge in [0.05, 0.1) is 11.0 Å². The molecule has 71 heavy (non-hydrogen) atoms. The Morgan fingerprint density at radius 1 is 0.606 bits per heavy atom. The number of benzene rings is 4. The number of piperidine rings is 2. The molecule has 1 amide bonds. The molecular weight excluding hydrogens is 1030 g/mol. The van der Waals surface area contributed by atoms with E-state index in [1.807, 2.05) is 102 Å². The van der Waals surface area contributed by atoms with Crippen LogP contribution in [-0.2, 0) is 30.9 Å². The summed E-state index contributed by atoms with van der Waals surface area (Å²) < 4.78 is 34.3. The average molecular weight is 1100 g/mol. The van der Waals surface area contributed by atoms with E-state index in [0.29, 0.717) is 57.9 Å². The van der Waals surface area contributed by atoms with Gasteiger partial charge in [-0.15, -0.1) is 0 Å². The molecule has 6 heterocycles. The molecule has 0 radical (unpaired) electrons. The number of likely N-dealkylation sites (tertiary alicyclic amines) is 2. The molecule has 0 bridgehead atoms. The van der Waals surface area contributed by atoms with Gasteiger partial charge in [0.2, 0.25) is 0 Å². The number of hydrogen-bond donors (Lipinski definition) is 1. The van der Waals surface area contributed by atoms with Gasteiger partial charge in [-0.1, -0.05) is 44.0 Å². The van der Waals surface area contributed by atoms with Crippen molar-refractivity contribution in [3.63, 3.8) is 0 Å². The summed E-state index contributed by atoms with van der Waals surface area (Å²) in [6.07, 6.45) is 3.59. The number of hydrogen-bond acceptors (Lipinski definition) is 11. The molecule has 14 nitrogen and oxygen atoms in total. The normalized spacial score (nSPS) is 16.6. The van der Waals surface area contributed by atoms with E-state index >= 15 is 0 Å². The molecule has 0 atom stereocenters. The minimum atomic E-state index is -0.579. The number of nitrogens with zero attached hydrogens (tertiary/aromatic N) is 5. The molecule has 4 aromatic carbocycles. The summed E-state index contributed by atoms with van der Waals surface area (Å²) in [5.41, 5.74) is 3.64. The molecule has 4 aliphatic heterocycles. The van der Waals surface area contributed by atoms with Gasteiger partial charge >= 0.3 is 6.09 Å². The van der Waals surface area contributed by atoms with Crippen LogP contribution in [0.3, 0.4) is 0 Å². The zero-order valence-electron chi connectivity index (χ0n) is 40.9. The molecule has 0 saturated carbocycles. The second-order valence-electron chi connectivity index (χ2n) is 19.7. The summed E-state index contributed by atoms with van der Waals surface area (Å²) >= 11 is 7.03. The van der Waals surface area contributed by atoms with E-state index < -0.39 is 5.60 Å². The lowest BCUT2D eigenvalue weighted by Crippen LogP contribution is -2.49. The van der Waals surface area contributed by atoms with Crippen LogP contribution in [0.1, 0.15) is 57.6 Å². The van der Waals surface area contributed by atoms with Gasteiger partial charge < -0.3 is 52.8 Å². The number of halogens is 2. The number of aromatic nitrogens is 2. The Labute approximate surface area is 432 Å². The van der Waals surface area contributed by atoms with Gasteiger partial charge in [-0.05, 0) is 154 Å². The smallest absolute Gasteiger partial charge is 0.410 e. The predicted octanol–water partition coefficient (Wildman–Crippen LogP) is 9.23. The minimum absolute atomic E-state index is 0.00948. The number of nitrogens with one attached hydrogen (secondary N) is 1. The lowest BCUT2D eigenvalue weighted by atomic mass is 10.0. The van der Waals surface area contributed by atoms with E-state index in [0.717, 1.165) is 125 Å². The van der Waals surface area contributed by atoms with Crippen molar-refractivity contribution < 1.29 is 28.5 Å². The maximum atomic E-state index is 13.3. The van der Waals surface area contributed by atoms with E-state index in [1.54, 1.807) is 12.1 Å². The average Bonchev–Trinajstić information content (AvgIpc) is 3.37. The summed E-state index contributed by atoms with van der Waals surface area (Å²) in [5, 5.41) is 5.82. The van der Waals surface area contributed by atoms with E-state index in [2.05, 4.69) is 65.2 Å². The third-order valence-corrected chi connectivity index (χ3v) is 14.5. The van der Waals surface area contributed by atoms with E-state index in [4.69, 9.17) is 23.7 Å². The monoisotopic (exact) mass is 1090 g/mol. The summed E-state index contributed by atoms with van der Waals surface area (Å²) in [4.78, 5) is 45.1. The molecule has 6 aromatic rings. The Kier molecular flexibility index (Phi) is 16.4. The standard InChI is InChI=1S/C30H36BrN3O5.C25H28BrN3O3/c1-30(2,3)39-29(36)34(20-21-4-8-26-27(18-21)38-17-16-37-26)24-10-12-32(13-11-24)14-15-33-25-7-6-23(31)19-22(25)5-9-28(33)35;26-20-3-4-22-19(16-20)2-6-25(30)29(22)12-11-28-9-7-21(8-10-28)27-17-18-1-5-23-24(15-18)32-14-13-31-23/h4-9,18-19,24H,10-17,20H2,1-3H3;1-6,15-16,21,27H,7-14,17H2. The van der Waals surface area contributed by atoms with Crippen molar-refractivity contribution in [1.82, 2.24) is 29.2 Å². The lowest BCUT2D eigenvalue weighted by Gasteiger charge is -2.39. The van der Waals surface area contributed by atoms with Crippen LogP contribution in [0.2, 0.25) is 0 Å². The second-order valence-corrected chi connectivity index (χ2v) is 21.5. The highest BCUT2D eigenvalue weighted by Gasteiger charge is 2.32. The molecule has 10 rings (SSSR count). The Morgan fingerprint density at radius 2 is 1.08 bits per heavy atom. The highest BCUT2D eigenvalue weighted by Crippen LogP contribution is 2.33. The maximum Gasteiger partial charge on any atom is 0.410 e. The SMILES string of the molecule is CC(C)(C)OC(=O)N(Cc1ccc2c(c1)OCCO2)C1CCN(CCn2c(=O)ccc3cc(Br)ccc32)CC1.O=c1ccc2cc(Br)ccc2n1CCN1CCC(NCc2ccc3c(c2)OCCO3)CC1. The van der Waals surface area contributed by atoms with Crippen molar-refractivity contribution >= 4 is 59.8 Å². The Hall–Kier alpha value is -5.39. The van der Waals surface area contributed by atoms with Crippen molar-refractivity contribution in [2.24, 2.45) is 0 Å². The van der Waals surface area contributed by atoms with Crippen molar-refractivity contribution in [3.8, 4) is 23.0 Å². The molecule has 16 heteroatoms. The first kappa shape index (κ1) is 50.5. The fourth-order valence-electron chi connectivity index (χ4n) is 9.81. The van der Waals surface area contributed by atoms with E-state index in [-0.39, 0.29) is 23.3 Å². The molecule has 0 aliphatic carbocycles. The third-order valence-electron chi connectivity index (χ3n) is 13.6. The zero-order valence-corrected chi connectivity index (χ0v) is 44.1. The first-order valence-corrected chi connectivity index (χ1v) is 26.4. The van der Waals surface area contributed by atoms with Crippen LogP contribution >= 0.6 is 31.9 Å². The first-order valence-electron chi connectivity index (χ1n) is 24.8. The van der Waals surface area contributed by atoms with Crippen LogP contribution in [0.5, 0.6) is 23.0 Å². The number of pyridine rings is 2. The highest BCUT2D eigenvalue weighted by atomic mass is 79.9. The van der Waals surface area contributed by atoms with Crippen LogP contribution in [0.25, 0.3) is 21.8 Å². The Bertz CT molecular complexity index is 2940. The fraction of sp³-hybridized carbons (Fsp3) is 0.436. The summed E-state index contributed by atoms with van der Waals surface area (Å²) in [6.45, 7) is 16.0. The van der Waals surface area contributed by atoms with Crippen LogP contribution in [0.4, 0.5) is 4.79 Å². The molecule has 4 aliphatic rings. The number of fused-ring (bicyclic) bond motifs is 4. The topological polar surface area (TPSA) is 129 Å².